The molecule has 3 nitrogen and oxygen atoms in total. The van der Waals surface area contributed by atoms with E-state index < -0.39 is 0 Å². The molecule has 1 aromatic carbocycles. The summed E-state index contributed by atoms with van der Waals surface area (Å²) < 4.78 is 0. The molecule has 0 aliphatic heterocycles. The molecule has 14 heavy (non-hydrogen) atoms. The highest BCUT2D eigenvalue weighted by Gasteiger charge is 1.97. The molecule has 2 aromatic rings. The zero-order chi connectivity index (χ0) is 9.80. The smallest absolute Gasteiger partial charge is 0.147 e. The van der Waals surface area contributed by atoms with Crippen molar-refractivity contribution in [1.29, 1.82) is 0 Å². The van der Waals surface area contributed by atoms with Gasteiger partial charge in [-0.15, -0.1) is 0 Å². The summed E-state index contributed by atoms with van der Waals surface area (Å²) in [4.78, 5) is 3.99. The van der Waals surface area contributed by atoms with Gasteiger partial charge >= 0.3 is 0 Å². The summed E-state index contributed by atoms with van der Waals surface area (Å²) in [5, 5.41) is 3.18. The average molecular weight is 185 g/mol. The summed E-state index contributed by atoms with van der Waals surface area (Å²) in [7, 11) is 0. The second-order valence-corrected chi connectivity index (χ2v) is 2.93. The van der Waals surface area contributed by atoms with Gasteiger partial charge in [0.25, 0.3) is 0 Å². The van der Waals surface area contributed by atoms with Crippen molar-refractivity contribution in [3.8, 4) is 0 Å². The fraction of sp³-hybridized carbons (Fsp3) is 0. The number of anilines is 3. The minimum absolute atomic E-state index is 0.511. The van der Waals surface area contributed by atoms with Crippen molar-refractivity contribution in [3.05, 3.63) is 48.7 Å². The van der Waals surface area contributed by atoms with Gasteiger partial charge < -0.3 is 11.1 Å². The van der Waals surface area contributed by atoms with Crippen LogP contribution in [0.25, 0.3) is 0 Å². The van der Waals surface area contributed by atoms with Gasteiger partial charge in [0.15, 0.2) is 0 Å². The van der Waals surface area contributed by atoms with Crippen LogP contribution in [0, 0.1) is 0 Å². The monoisotopic (exact) mass is 185 g/mol. The molecule has 0 saturated heterocycles. The third-order valence-electron chi connectivity index (χ3n) is 1.89. The van der Waals surface area contributed by atoms with E-state index in [9.17, 15) is 0 Å². The SMILES string of the molecule is Nc1ncccc1Nc1ccccc1. The second kappa shape index (κ2) is 3.79. The molecule has 3 heteroatoms. The van der Waals surface area contributed by atoms with Crippen LogP contribution in [-0.4, -0.2) is 4.98 Å². The van der Waals surface area contributed by atoms with Crippen molar-refractivity contribution in [1.82, 2.24) is 4.98 Å². The van der Waals surface area contributed by atoms with E-state index in [1.807, 2.05) is 42.5 Å². The lowest BCUT2D eigenvalue weighted by Gasteiger charge is -2.07. The highest BCUT2D eigenvalue weighted by Crippen LogP contribution is 2.19. The summed E-state index contributed by atoms with van der Waals surface area (Å²) in [6.45, 7) is 0. The van der Waals surface area contributed by atoms with E-state index in [0.717, 1.165) is 11.4 Å². The van der Waals surface area contributed by atoms with E-state index in [1.165, 1.54) is 0 Å². The van der Waals surface area contributed by atoms with E-state index in [4.69, 9.17) is 5.73 Å². The van der Waals surface area contributed by atoms with Crippen molar-refractivity contribution >= 4 is 17.2 Å². The first-order chi connectivity index (χ1) is 6.86. The van der Waals surface area contributed by atoms with Gasteiger partial charge in [0.05, 0.1) is 5.69 Å². The quantitative estimate of drug-likeness (QED) is 0.755. The Hall–Kier alpha value is -2.03. The largest absolute Gasteiger partial charge is 0.382 e. The Morgan fingerprint density at radius 3 is 2.50 bits per heavy atom. The molecule has 3 N–H and O–H groups in total. The Morgan fingerprint density at radius 1 is 1.00 bits per heavy atom. The molecule has 1 aromatic heterocycles. The second-order valence-electron chi connectivity index (χ2n) is 2.93. The number of hydrogen-bond donors (Lipinski definition) is 2. The Bertz CT molecular complexity index is 412. The Balaban J connectivity index is 2.24. The zero-order valence-electron chi connectivity index (χ0n) is 7.64. The van der Waals surface area contributed by atoms with Gasteiger partial charge in [-0.05, 0) is 24.3 Å². The first-order valence-corrected chi connectivity index (χ1v) is 4.39. The van der Waals surface area contributed by atoms with Gasteiger partial charge in [-0.3, -0.25) is 0 Å². The van der Waals surface area contributed by atoms with Crippen molar-refractivity contribution in [2.75, 3.05) is 11.1 Å². The van der Waals surface area contributed by atoms with Crippen LogP contribution in [0.2, 0.25) is 0 Å². The number of para-hydroxylation sites is 1. The van der Waals surface area contributed by atoms with Crippen molar-refractivity contribution in [2.45, 2.75) is 0 Å². The van der Waals surface area contributed by atoms with Gasteiger partial charge in [-0.1, -0.05) is 18.2 Å². The molecule has 2 rings (SSSR count). The molecule has 0 radical (unpaired) electrons. The van der Waals surface area contributed by atoms with Crippen LogP contribution in [-0.2, 0) is 0 Å². The molecule has 0 bridgehead atoms. The van der Waals surface area contributed by atoms with Gasteiger partial charge in [0, 0.05) is 11.9 Å². The summed E-state index contributed by atoms with van der Waals surface area (Å²) in [5.41, 5.74) is 7.53. The predicted octanol–water partition coefficient (Wildman–Crippen LogP) is 2.41. The van der Waals surface area contributed by atoms with Crippen LogP contribution < -0.4 is 11.1 Å². The fourth-order valence-electron chi connectivity index (χ4n) is 1.20. The van der Waals surface area contributed by atoms with Gasteiger partial charge in [-0.2, -0.15) is 0 Å². The number of benzene rings is 1. The number of nitrogen functional groups attached to an aromatic ring is 1. The molecule has 0 unspecified atom stereocenters. The van der Waals surface area contributed by atoms with Crippen LogP contribution in [0.1, 0.15) is 0 Å². The topological polar surface area (TPSA) is 50.9 Å². The molecular formula is C11H11N3. The molecule has 0 amide bonds. The third-order valence-corrected chi connectivity index (χ3v) is 1.89. The van der Waals surface area contributed by atoms with Crippen molar-refractivity contribution in [2.24, 2.45) is 0 Å². The van der Waals surface area contributed by atoms with Gasteiger partial charge in [0.1, 0.15) is 5.82 Å². The summed E-state index contributed by atoms with van der Waals surface area (Å²) in [6.07, 6.45) is 1.67. The third kappa shape index (κ3) is 1.82. The van der Waals surface area contributed by atoms with Crippen LogP contribution in [0.15, 0.2) is 48.7 Å². The van der Waals surface area contributed by atoms with Gasteiger partial charge in [0.2, 0.25) is 0 Å². The lowest BCUT2D eigenvalue weighted by atomic mass is 10.3. The van der Waals surface area contributed by atoms with Crippen LogP contribution in [0.3, 0.4) is 0 Å². The summed E-state index contributed by atoms with van der Waals surface area (Å²) >= 11 is 0. The normalized spacial score (nSPS) is 9.71. The number of aromatic nitrogens is 1. The number of rotatable bonds is 2. The van der Waals surface area contributed by atoms with E-state index >= 15 is 0 Å². The molecule has 0 spiro atoms. The van der Waals surface area contributed by atoms with E-state index in [2.05, 4.69) is 10.3 Å². The average Bonchev–Trinajstić information content (AvgIpc) is 2.23. The van der Waals surface area contributed by atoms with E-state index in [0.29, 0.717) is 5.82 Å². The van der Waals surface area contributed by atoms with Crippen molar-refractivity contribution in [3.63, 3.8) is 0 Å². The van der Waals surface area contributed by atoms with Crippen LogP contribution in [0.4, 0.5) is 17.2 Å². The molecule has 0 aliphatic carbocycles. The van der Waals surface area contributed by atoms with Crippen molar-refractivity contribution < 1.29 is 0 Å². The minimum Gasteiger partial charge on any atom is -0.382 e. The molecular weight excluding hydrogens is 174 g/mol. The first kappa shape index (κ1) is 8.56. The minimum atomic E-state index is 0.511. The van der Waals surface area contributed by atoms with E-state index in [1.54, 1.807) is 6.20 Å². The maximum Gasteiger partial charge on any atom is 0.147 e. The maximum atomic E-state index is 5.69. The predicted molar refractivity (Wildman–Crippen MR) is 58.4 cm³/mol. The first-order valence-electron chi connectivity index (χ1n) is 4.39. The maximum absolute atomic E-state index is 5.69. The molecule has 0 aliphatic rings. The molecule has 1 heterocycles. The lowest BCUT2D eigenvalue weighted by Crippen LogP contribution is -1.97. The van der Waals surface area contributed by atoms with Crippen LogP contribution >= 0.6 is 0 Å². The molecule has 70 valence electrons. The summed E-state index contributed by atoms with van der Waals surface area (Å²) in [5.74, 6) is 0.511. The number of nitrogens with zero attached hydrogens (tertiary/aromatic N) is 1. The number of hydrogen-bond acceptors (Lipinski definition) is 3. The number of nitrogens with one attached hydrogen (secondary N) is 1. The van der Waals surface area contributed by atoms with Gasteiger partial charge in [-0.25, -0.2) is 4.98 Å². The zero-order valence-corrected chi connectivity index (χ0v) is 7.64. The Morgan fingerprint density at radius 2 is 1.79 bits per heavy atom. The van der Waals surface area contributed by atoms with E-state index in [-0.39, 0.29) is 0 Å². The van der Waals surface area contributed by atoms with Crippen LogP contribution in [0.5, 0.6) is 0 Å². The Labute approximate surface area is 82.6 Å². The lowest BCUT2D eigenvalue weighted by molar-refractivity contribution is 1.33. The number of pyridine rings is 1. The number of nitrogens with two attached hydrogens (primary N) is 1. The fourth-order valence-corrected chi connectivity index (χ4v) is 1.20. The Kier molecular flexibility index (Phi) is 2.32. The molecule has 0 saturated carbocycles. The molecule has 0 atom stereocenters. The highest BCUT2D eigenvalue weighted by atomic mass is 14.9. The highest BCUT2D eigenvalue weighted by molar-refractivity contribution is 5.69. The molecule has 0 fully saturated rings. The standard InChI is InChI=1S/C11H11N3/c12-11-10(7-4-8-13-11)14-9-5-2-1-3-6-9/h1-8,14H,(H2,12,13). The summed E-state index contributed by atoms with van der Waals surface area (Å²) in [6, 6.07) is 13.6.